The summed E-state index contributed by atoms with van der Waals surface area (Å²) in [4.78, 5) is 14.5. The third-order valence-electron chi connectivity index (χ3n) is 4.74. The number of hydrogen-bond acceptors (Lipinski definition) is 2. The molecule has 0 unspecified atom stereocenters. The van der Waals surface area contributed by atoms with Crippen LogP contribution >= 0.6 is 0 Å². The average molecular weight is 303 g/mol. The van der Waals surface area contributed by atoms with E-state index in [1.807, 2.05) is 18.2 Å². The molecule has 1 aromatic rings. The zero-order valence-corrected chi connectivity index (χ0v) is 14.3. The molecule has 1 aliphatic rings. The summed E-state index contributed by atoms with van der Waals surface area (Å²) in [7, 11) is 0. The van der Waals surface area contributed by atoms with E-state index in [0.29, 0.717) is 18.6 Å². The maximum absolute atomic E-state index is 12.0. The Morgan fingerprint density at radius 2 is 2.09 bits per heavy atom. The number of hydrogen-bond donors (Lipinski definition) is 2. The van der Waals surface area contributed by atoms with Gasteiger partial charge >= 0.3 is 6.03 Å². The van der Waals surface area contributed by atoms with Gasteiger partial charge in [0, 0.05) is 24.3 Å². The molecule has 1 aromatic carbocycles. The third-order valence-corrected chi connectivity index (χ3v) is 4.74. The molecular weight excluding hydrogens is 274 g/mol. The highest BCUT2D eigenvalue weighted by Gasteiger charge is 2.23. The number of carbonyl (C=O) groups is 1. The lowest BCUT2D eigenvalue weighted by Gasteiger charge is -2.38. The van der Waals surface area contributed by atoms with Crippen LogP contribution < -0.4 is 10.6 Å². The van der Waals surface area contributed by atoms with Crippen LogP contribution in [0.1, 0.15) is 44.2 Å². The fraction of sp³-hybridized carbons (Fsp3) is 0.611. The van der Waals surface area contributed by atoms with Gasteiger partial charge in [-0.3, -0.25) is 4.90 Å². The third kappa shape index (κ3) is 4.47. The number of nitrogens with one attached hydrogen (secondary N) is 2. The molecule has 1 fully saturated rings. The molecule has 2 rings (SSSR count). The molecule has 1 aliphatic heterocycles. The molecule has 0 spiro atoms. The normalized spacial score (nSPS) is 20.5. The van der Waals surface area contributed by atoms with Gasteiger partial charge in [-0.1, -0.05) is 12.5 Å². The lowest BCUT2D eigenvalue weighted by atomic mass is 10.0. The quantitative estimate of drug-likeness (QED) is 0.891. The van der Waals surface area contributed by atoms with Gasteiger partial charge in [0.15, 0.2) is 0 Å². The Hall–Kier alpha value is -1.55. The van der Waals surface area contributed by atoms with Crippen molar-refractivity contribution in [3.05, 3.63) is 29.3 Å². The molecule has 0 aromatic heterocycles. The van der Waals surface area contributed by atoms with E-state index in [9.17, 15) is 4.79 Å². The van der Waals surface area contributed by atoms with Gasteiger partial charge in [-0.15, -0.1) is 0 Å². The van der Waals surface area contributed by atoms with Crippen LogP contribution in [0.3, 0.4) is 0 Å². The Kier molecular flexibility index (Phi) is 5.83. The number of anilines is 1. The Labute approximate surface area is 134 Å². The zero-order chi connectivity index (χ0) is 16.1. The topological polar surface area (TPSA) is 44.4 Å². The Morgan fingerprint density at radius 3 is 2.77 bits per heavy atom. The zero-order valence-electron chi connectivity index (χ0n) is 14.3. The number of carbonyl (C=O) groups excluding carboxylic acids is 1. The maximum atomic E-state index is 12.0. The number of piperidine rings is 1. The highest BCUT2D eigenvalue weighted by atomic mass is 16.2. The van der Waals surface area contributed by atoms with E-state index in [-0.39, 0.29) is 6.03 Å². The summed E-state index contributed by atoms with van der Waals surface area (Å²) < 4.78 is 0. The van der Waals surface area contributed by atoms with Crippen molar-refractivity contribution in [1.82, 2.24) is 10.2 Å². The van der Waals surface area contributed by atoms with Crippen molar-refractivity contribution in [1.29, 1.82) is 0 Å². The molecule has 1 saturated heterocycles. The van der Waals surface area contributed by atoms with Crippen LogP contribution in [0.2, 0.25) is 0 Å². The van der Waals surface area contributed by atoms with Gasteiger partial charge in [-0.25, -0.2) is 4.79 Å². The number of aryl methyl sites for hydroxylation is 2. The van der Waals surface area contributed by atoms with E-state index in [1.165, 1.54) is 30.4 Å². The van der Waals surface area contributed by atoms with Crippen LogP contribution in [0.25, 0.3) is 0 Å². The van der Waals surface area contributed by atoms with Crippen molar-refractivity contribution >= 4 is 11.7 Å². The first-order valence-corrected chi connectivity index (χ1v) is 8.35. The van der Waals surface area contributed by atoms with E-state index in [4.69, 9.17) is 0 Å². The maximum Gasteiger partial charge on any atom is 0.319 e. The molecule has 22 heavy (non-hydrogen) atoms. The monoisotopic (exact) mass is 303 g/mol. The average Bonchev–Trinajstić information content (AvgIpc) is 2.49. The SMILES string of the molecule is Cc1ccc(NC(=O)NC[C@H](C)N2CCCC[C@H]2C)cc1C. The van der Waals surface area contributed by atoms with Crippen molar-refractivity contribution < 1.29 is 4.79 Å². The van der Waals surface area contributed by atoms with Crippen LogP contribution in [0.4, 0.5) is 10.5 Å². The van der Waals surface area contributed by atoms with E-state index in [0.717, 1.165) is 12.2 Å². The van der Waals surface area contributed by atoms with E-state index in [2.05, 4.69) is 43.2 Å². The Bertz CT molecular complexity index is 515. The van der Waals surface area contributed by atoms with Crippen molar-refractivity contribution in [2.75, 3.05) is 18.4 Å². The van der Waals surface area contributed by atoms with E-state index >= 15 is 0 Å². The molecule has 0 radical (unpaired) electrons. The molecule has 4 heteroatoms. The smallest absolute Gasteiger partial charge is 0.319 e. The van der Waals surface area contributed by atoms with Gasteiger partial charge in [-0.05, 0) is 70.3 Å². The Balaban J connectivity index is 1.80. The molecule has 4 nitrogen and oxygen atoms in total. The minimum absolute atomic E-state index is 0.125. The predicted molar refractivity (Wildman–Crippen MR) is 92.4 cm³/mol. The van der Waals surface area contributed by atoms with Crippen LogP contribution in [-0.2, 0) is 0 Å². The highest BCUT2D eigenvalue weighted by molar-refractivity contribution is 5.89. The summed E-state index contributed by atoms with van der Waals surface area (Å²) in [5.41, 5.74) is 3.27. The number of amides is 2. The van der Waals surface area contributed by atoms with Gasteiger partial charge < -0.3 is 10.6 Å². The molecule has 1 heterocycles. The molecular formula is C18H29N3O. The van der Waals surface area contributed by atoms with E-state index < -0.39 is 0 Å². The van der Waals surface area contributed by atoms with Gasteiger partial charge in [0.25, 0.3) is 0 Å². The second kappa shape index (κ2) is 7.63. The van der Waals surface area contributed by atoms with Crippen molar-refractivity contribution in [3.8, 4) is 0 Å². The predicted octanol–water partition coefficient (Wildman–Crippen LogP) is 3.69. The number of nitrogens with zero attached hydrogens (tertiary/aromatic N) is 1. The van der Waals surface area contributed by atoms with Gasteiger partial charge in [0.2, 0.25) is 0 Å². The largest absolute Gasteiger partial charge is 0.336 e. The van der Waals surface area contributed by atoms with E-state index in [1.54, 1.807) is 0 Å². The summed E-state index contributed by atoms with van der Waals surface area (Å²) in [5, 5.41) is 5.90. The Morgan fingerprint density at radius 1 is 1.32 bits per heavy atom. The molecule has 2 atom stereocenters. The summed E-state index contributed by atoms with van der Waals surface area (Å²) in [5.74, 6) is 0. The first kappa shape index (κ1) is 16.8. The molecule has 0 saturated carbocycles. The van der Waals surface area contributed by atoms with Gasteiger partial charge in [0.1, 0.15) is 0 Å². The molecule has 0 aliphatic carbocycles. The second-order valence-corrected chi connectivity index (χ2v) is 6.57. The molecule has 122 valence electrons. The van der Waals surface area contributed by atoms with Crippen LogP contribution in [0.5, 0.6) is 0 Å². The van der Waals surface area contributed by atoms with Gasteiger partial charge in [0.05, 0.1) is 0 Å². The first-order chi connectivity index (χ1) is 10.5. The summed E-state index contributed by atoms with van der Waals surface area (Å²) >= 11 is 0. The fourth-order valence-corrected chi connectivity index (χ4v) is 3.13. The van der Waals surface area contributed by atoms with Crippen molar-refractivity contribution in [3.63, 3.8) is 0 Å². The fourth-order valence-electron chi connectivity index (χ4n) is 3.13. The number of likely N-dealkylation sites (tertiary alicyclic amines) is 1. The van der Waals surface area contributed by atoms with Gasteiger partial charge in [-0.2, -0.15) is 0 Å². The lowest BCUT2D eigenvalue weighted by molar-refractivity contribution is 0.114. The minimum Gasteiger partial charge on any atom is -0.336 e. The lowest BCUT2D eigenvalue weighted by Crippen LogP contribution is -2.49. The second-order valence-electron chi connectivity index (χ2n) is 6.57. The summed E-state index contributed by atoms with van der Waals surface area (Å²) in [6.45, 7) is 10.4. The van der Waals surface area contributed by atoms with Crippen LogP contribution in [-0.4, -0.2) is 36.1 Å². The summed E-state index contributed by atoms with van der Waals surface area (Å²) in [6.07, 6.45) is 3.85. The molecule has 2 amide bonds. The minimum atomic E-state index is -0.125. The van der Waals surface area contributed by atoms with Crippen LogP contribution in [0.15, 0.2) is 18.2 Å². The van der Waals surface area contributed by atoms with Crippen molar-refractivity contribution in [2.45, 2.75) is 59.0 Å². The van der Waals surface area contributed by atoms with Crippen LogP contribution in [0, 0.1) is 13.8 Å². The van der Waals surface area contributed by atoms with Crippen molar-refractivity contribution in [2.24, 2.45) is 0 Å². The molecule has 2 N–H and O–H groups in total. The first-order valence-electron chi connectivity index (χ1n) is 8.35. The summed E-state index contributed by atoms with van der Waals surface area (Å²) in [6, 6.07) is 6.85. The number of urea groups is 1. The molecule has 0 bridgehead atoms. The standard InChI is InChI=1S/C18H29N3O/c1-13-8-9-17(11-14(13)2)20-18(22)19-12-16(4)21-10-6-5-7-15(21)3/h8-9,11,15-16H,5-7,10,12H2,1-4H3,(H2,19,20,22)/t15-,16+/m1/s1. The number of benzene rings is 1. The number of rotatable bonds is 4. The highest BCUT2D eigenvalue weighted by Crippen LogP contribution is 2.18.